The van der Waals surface area contributed by atoms with Crippen molar-refractivity contribution in [1.29, 1.82) is 0 Å². The molecule has 0 aliphatic rings. The summed E-state index contributed by atoms with van der Waals surface area (Å²) in [5.41, 5.74) is 9.74. The van der Waals surface area contributed by atoms with Gasteiger partial charge in [0.15, 0.2) is 0 Å². The first kappa shape index (κ1) is 14.6. The first-order chi connectivity index (χ1) is 9.62. The second kappa shape index (κ2) is 6.57. The fraction of sp³-hybridized carbons (Fsp3) is 0.438. The van der Waals surface area contributed by atoms with Gasteiger partial charge < -0.3 is 10.5 Å². The first-order valence-corrected chi connectivity index (χ1v) is 7.04. The molecule has 1 unspecified atom stereocenters. The average Bonchev–Trinajstić information content (AvgIpc) is 2.78. The Labute approximate surface area is 120 Å². The van der Waals surface area contributed by atoms with Crippen LogP contribution in [0.2, 0.25) is 0 Å². The number of nitrogens with two attached hydrogens (primary N) is 1. The zero-order valence-corrected chi connectivity index (χ0v) is 12.5. The molecule has 0 aliphatic carbocycles. The maximum absolute atomic E-state index is 6.28. The highest BCUT2D eigenvalue weighted by atomic mass is 16.5. The van der Waals surface area contributed by atoms with E-state index in [-0.39, 0.29) is 6.04 Å². The zero-order chi connectivity index (χ0) is 14.5. The van der Waals surface area contributed by atoms with Crippen molar-refractivity contribution < 1.29 is 4.74 Å². The van der Waals surface area contributed by atoms with Gasteiger partial charge in [-0.1, -0.05) is 12.1 Å². The van der Waals surface area contributed by atoms with Crippen LogP contribution in [0.5, 0.6) is 5.75 Å². The molecule has 0 aliphatic heterocycles. The van der Waals surface area contributed by atoms with Crippen molar-refractivity contribution in [2.24, 2.45) is 5.73 Å². The molecule has 2 rings (SSSR count). The Morgan fingerprint density at radius 2 is 2.10 bits per heavy atom. The van der Waals surface area contributed by atoms with Crippen molar-refractivity contribution in [3.8, 4) is 5.75 Å². The van der Waals surface area contributed by atoms with Gasteiger partial charge in [-0.3, -0.25) is 4.68 Å². The Bertz CT molecular complexity index is 563. The van der Waals surface area contributed by atoms with Crippen molar-refractivity contribution in [3.05, 3.63) is 47.3 Å². The first-order valence-electron chi connectivity index (χ1n) is 7.04. The lowest BCUT2D eigenvalue weighted by molar-refractivity contribution is 0.414. The third-order valence-corrected chi connectivity index (χ3v) is 3.39. The number of hydrogen-bond acceptors (Lipinski definition) is 3. The van der Waals surface area contributed by atoms with Crippen LogP contribution in [-0.4, -0.2) is 22.9 Å². The van der Waals surface area contributed by atoms with Gasteiger partial charge in [-0.25, -0.2) is 0 Å². The van der Waals surface area contributed by atoms with Crippen molar-refractivity contribution in [1.82, 2.24) is 9.78 Å². The van der Waals surface area contributed by atoms with Crippen LogP contribution in [0.15, 0.2) is 30.3 Å². The van der Waals surface area contributed by atoms with Crippen LogP contribution in [0.4, 0.5) is 0 Å². The highest BCUT2D eigenvalue weighted by molar-refractivity contribution is 5.29. The maximum Gasteiger partial charge on any atom is 0.119 e. The standard InChI is InChI=1S/C16H23N3O/c1-4-19-15(8-12(2)18-19)11-14(17)9-13-6-5-7-16(10-13)20-3/h5-8,10,14H,4,9,11,17H2,1-3H3. The molecule has 0 bridgehead atoms. The van der Waals surface area contributed by atoms with Gasteiger partial charge in [-0.05, 0) is 44.0 Å². The molecule has 0 amide bonds. The summed E-state index contributed by atoms with van der Waals surface area (Å²) in [4.78, 5) is 0. The number of rotatable bonds is 6. The maximum atomic E-state index is 6.28. The molecule has 0 spiro atoms. The molecule has 2 N–H and O–H groups in total. The smallest absolute Gasteiger partial charge is 0.119 e. The lowest BCUT2D eigenvalue weighted by atomic mass is 10.0. The predicted molar refractivity (Wildman–Crippen MR) is 81.0 cm³/mol. The lowest BCUT2D eigenvalue weighted by Gasteiger charge is -2.13. The number of nitrogens with zero attached hydrogens (tertiary/aromatic N) is 2. The van der Waals surface area contributed by atoms with Crippen LogP contribution in [0.3, 0.4) is 0 Å². The minimum absolute atomic E-state index is 0.0866. The van der Waals surface area contributed by atoms with Crippen molar-refractivity contribution in [2.45, 2.75) is 39.3 Å². The Hall–Kier alpha value is -1.81. The zero-order valence-electron chi connectivity index (χ0n) is 12.5. The molecular weight excluding hydrogens is 250 g/mol. The van der Waals surface area contributed by atoms with Crippen LogP contribution >= 0.6 is 0 Å². The number of hydrogen-bond donors (Lipinski definition) is 1. The van der Waals surface area contributed by atoms with E-state index in [2.05, 4.69) is 24.2 Å². The number of methoxy groups -OCH3 is 1. The van der Waals surface area contributed by atoms with E-state index in [1.807, 2.05) is 29.8 Å². The van der Waals surface area contributed by atoms with Gasteiger partial charge in [0.2, 0.25) is 0 Å². The van der Waals surface area contributed by atoms with Crippen molar-refractivity contribution in [3.63, 3.8) is 0 Å². The number of ether oxygens (including phenoxy) is 1. The molecule has 108 valence electrons. The third kappa shape index (κ3) is 3.61. The highest BCUT2D eigenvalue weighted by Crippen LogP contribution is 2.15. The summed E-state index contributed by atoms with van der Waals surface area (Å²) in [5, 5.41) is 4.46. The van der Waals surface area contributed by atoms with Crippen LogP contribution in [-0.2, 0) is 19.4 Å². The fourth-order valence-corrected chi connectivity index (χ4v) is 2.48. The van der Waals surface area contributed by atoms with E-state index in [1.54, 1.807) is 7.11 Å². The van der Waals surface area contributed by atoms with Crippen LogP contribution < -0.4 is 10.5 Å². The van der Waals surface area contributed by atoms with Crippen LogP contribution in [0.1, 0.15) is 23.9 Å². The van der Waals surface area contributed by atoms with Crippen LogP contribution in [0, 0.1) is 6.92 Å². The van der Waals surface area contributed by atoms with Crippen molar-refractivity contribution in [2.75, 3.05) is 7.11 Å². The summed E-state index contributed by atoms with van der Waals surface area (Å²) < 4.78 is 7.27. The molecule has 20 heavy (non-hydrogen) atoms. The van der Waals surface area contributed by atoms with Gasteiger partial charge in [0.05, 0.1) is 12.8 Å². The van der Waals surface area contributed by atoms with Crippen LogP contribution in [0.25, 0.3) is 0 Å². The highest BCUT2D eigenvalue weighted by Gasteiger charge is 2.10. The summed E-state index contributed by atoms with van der Waals surface area (Å²) in [6.07, 6.45) is 1.68. The quantitative estimate of drug-likeness (QED) is 0.879. The largest absolute Gasteiger partial charge is 0.497 e. The fourth-order valence-electron chi connectivity index (χ4n) is 2.48. The third-order valence-electron chi connectivity index (χ3n) is 3.39. The minimum atomic E-state index is 0.0866. The summed E-state index contributed by atoms with van der Waals surface area (Å²) in [7, 11) is 1.68. The molecule has 2 aromatic rings. The molecule has 0 radical (unpaired) electrons. The Morgan fingerprint density at radius 1 is 1.30 bits per heavy atom. The molecule has 0 fully saturated rings. The molecule has 0 saturated heterocycles. The molecule has 1 aromatic heterocycles. The monoisotopic (exact) mass is 273 g/mol. The summed E-state index contributed by atoms with van der Waals surface area (Å²) >= 11 is 0. The molecule has 4 nitrogen and oxygen atoms in total. The SMILES string of the molecule is CCn1nc(C)cc1CC(N)Cc1cccc(OC)c1. The van der Waals surface area contributed by atoms with Gasteiger partial charge in [0.1, 0.15) is 5.75 Å². The normalized spacial score (nSPS) is 12.4. The second-order valence-electron chi connectivity index (χ2n) is 5.11. The van der Waals surface area contributed by atoms with E-state index in [1.165, 1.54) is 11.3 Å². The average molecular weight is 273 g/mol. The number of aryl methyl sites for hydroxylation is 2. The van der Waals surface area contributed by atoms with E-state index < -0.39 is 0 Å². The van der Waals surface area contributed by atoms with Gasteiger partial charge >= 0.3 is 0 Å². The van der Waals surface area contributed by atoms with Gasteiger partial charge in [0, 0.05) is 24.7 Å². The van der Waals surface area contributed by atoms with Gasteiger partial charge in [0.25, 0.3) is 0 Å². The second-order valence-corrected chi connectivity index (χ2v) is 5.11. The topological polar surface area (TPSA) is 53.1 Å². The van der Waals surface area contributed by atoms with E-state index >= 15 is 0 Å². The molecule has 1 heterocycles. The Kier molecular flexibility index (Phi) is 4.79. The number of aromatic nitrogens is 2. The Balaban J connectivity index is 2.02. The number of benzene rings is 1. The lowest BCUT2D eigenvalue weighted by Crippen LogP contribution is -2.26. The molecule has 1 aromatic carbocycles. The van der Waals surface area contributed by atoms with Gasteiger partial charge in [-0.2, -0.15) is 5.10 Å². The predicted octanol–water partition coefficient (Wildman–Crippen LogP) is 2.33. The molecule has 1 atom stereocenters. The van der Waals surface area contributed by atoms with E-state index in [0.29, 0.717) is 0 Å². The van der Waals surface area contributed by atoms with E-state index in [9.17, 15) is 0 Å². The summed E-state index contributed by atoms with van der Waals surface area (Å²) in [6, 6.07) is 10.3. The Morgan fingerprint density at radius 3 is 2.80 bits per heavy atom. The summed E-state index contributed by atoms with van der Waals surface area (Å²) in [6.45, 7) is 5.00. The van der Waals surface area contributed by atoms with Gasteiger partial charge in [-0.15, -0.1) is 0 Å². The molecular formula is C16H23N3O. The summed E-state index contributed by atoms with van der Waals surface area (Å²) in [5.74, 6) is 0.879. The van der Waals surface area contributed by atoms with E-state index in [4.69, 9.17) is 10.5 Å². The van der Waals surface area contributed by atoms with E-state index in [0.717, 1.165) is 30.8 Å². The minimum Gasteiger partial charge on any atom is -0.497 e. The molecule has 0 saturated carbocycles. The van der Waals surface area contributed by atoms with Crippen molar-refractivity contribution >= 4 is 0 Å². The molecule has 4 heteroatoms.